The predicted molar refractivity (Wildman–Crippen MR) is 68.0 cm³/mol. The third kappa shape index (κ3) is 1.67. The normalized spacial score (nSPS) is 10.9. The van der Waals surface area contributed by atoms with Crippen LogP contribution in [-0.2, 0) is 0 Å². The Bertz CT molecular complexity index is 731. The molecule has 0 radical (unpaired) electrons. The maximum absolute atomic E-state index is 11.2. The number of fused-ring (bicyclic) bond motifs is 1. The number of thiophene rings is 1. The largest absolute Gasteiger partial charge is 0.477 e. The molecule has 0 aliphatic heterocycles. The highest BCUT2D eigenvalue weighted by atomic mass is 32.1. The van der Waals surface area contributed by atoms with Crippen molar-refractivity contribution in [2.45, 2.75) is 6.92 Å². The molecule has 6 heteroatoms. The molecule has 3 aromatic heterocycles. The van der Waals surface area contributed by atoms with Gasteiger partial charge in [0.15, 0.2) is 11.3 Å². The van der Waals surface area contributed by atoms with Crippen LogP contribution in [0.5, 0.6) is 0 Å². The van der Waals surface area contributed by atoms with Crippen LogP contribution in [0.1, 0.15) is 16.2 Å². The van der Waals surface area contributed by atoms with Crippen molar-refractivity contribution in [2.24, 2.45) is 0 Å². The number of carbonyl (C=O) groups is 1. The smallest absolute Gasteiger partial charge is 0.354 e. The fourth-order valence-electron chi connectivity index (χ4n) is 1.80. The molecule has 0 atom stereocenters. The summed E-state index contributed by atoms with van der Waals surface area (Å²) in [5.41, 5.74) is 2.08. The standard InChI is InChI=1S/C12H9N3O2S/c1-7-5-9(12(16)17)15-11(13-7)6-8(14-15)10-3-2-4-18-10/h2-6H,1H3,(H,16,17). The summed E-state index contributed by atoms with van der Waals surface area (Å²) in [5.74, 6) is -1.01. The van der Waals surface area contributed by atoms with Crippen LogP contribution in [-0.4, -0.2) is 25.7 Å². The van der Waals surface area contributed by atoms with Crippen molar-refractivity contribution >= 4 is 23.0 Å². The first-order valence-electron chi connectivity index (χ1n) is 5.30. The third-order valence-electron chi connectivity index (χ3n) is 2.55. The molecule has 5 nitrogen and oxygen atoms in total. The molecule has 0 amide bonds. The van der Waals surface area contributed by atoms with E-state index in [1.54, 1.807) is 24.3 Å². The first-order valence-corrected chi connectivity index (χ1v) is 6.18. The lowest BCUT2D eigenvalue weighted by molar-refractivity contribution is 0.0687. The van der Waals surface area contributed by atoms with E-state index in [0.717, 1.165) is 10.6 Å². The summed E-state index contributed by atoms with van der Waals surface area (Å²) in [5, 5.41) is 15.4. The van der Waals surface area contributed by atoms with Crippen molar-refractivity contribution in [1.29, 1.82) is 0 Å². The zero-order valence-corrected chi connectivity index (χ0v) is 10.3. The van der Waals surface area contributed by atoms with Gasteiger partial charge >= 0.3 is 5.97 Å². The van der Waals surface area contributed by atoms with E-state index in [1.807, 2.05) is 17.5 Å². The summed E-state index contributed by atoms with van der Waals surface area (Å²) in [4.78, 5) is 16.5. The number of aromatic nitrogens is 3. The highest BCUT2D eigenvalue weighted by Gasteiger charge is 2.14. The van der Waals surface area contributed by atoms with Crippen LogP contribution < -0.4 is 0 Å². The molecule has 0 aliphatic carbocycles. The minimum absolute atomic E-state index is 0.125. The number of nitrogens with zero attached hydrogens (tertiary/aromatic N) is 3. The van der Waals surface area contributed by atoms with Crippen molar-refractivity contribution in [3.63, 3.8) is 0 Å². The summed E-state index contributed by atoms with van der Waals surface area (Å²) in [7, 11) is 0. The minimum atomic E-state index is -1.01. The maximum atomic E-state index is 11.2. The van der Waals surface area contributed by atoms with E-state index in [9.17, 15) is 4.79 Å². The fourth-order valence-corrected chi connectivity index (χ4v) is 2.48. The van der Waals surface area contributed by atoms with Gasteiger partial charge in [-0.3, -0.25) is 0 Å². The van der Waals surface area contributed by atoms with Gasteiger partial charge in [0.25, 0.3) is 0 Å². The number of rotatable bonds is 2. The van der Waals surface area contributed by atoms with Gasteiger partial charge in [0.2, 0.25) is 0 Å². The van der Waals surface area contributed by atoms with Crippen molar-refractivity contribution in [3.8, 4) is 10.6 Å². The Balaban J connectivity index is 2.29. The van der Waals surface area contributed by atoms with Gasteiger partial charge in [-0.2, -0.15) is 5.10 Å². The lowest BCUT2D eigenvalue weighted by atomic mass is 10.3. The van der Waals surface area contributed by atoms with Gasteiger partial charge in [-0.05, 0) is 24.4 Å². The predicted octanol–water partition coefficient (Wildman–Crippen LogP) is 2.46. The van der Waals surface area contributed by atoms with E-state index in [2.05, 4.69) is 10.1 Å². The number of carboxylic acid groups (broad SMARTS) is 1. The van der Waals surface area contributed by atoms with Gasteiger partial charge in [-0.25, -0.2) is 14.3 Å². The lowest BCUT2D eigenvalue weighted by Crippen LogP contribution is -2.08. The van der Waals surface area contributed by atoms with Gasteiger partial charge in [0.1, 0.15) is 5.69 Å². The fraction of sp³-hybridized carbons (Fsp3) is 0.0833. The van der Waals surface area contributed by atoms with Crippen molar-refractivity contribution in [2.75, 3.05) is 0 Å². The number of carboxylic acids is 1. The topological polar surface area (TPSA) is 67.5 Å². The second kappa shape index (κ2) is 3.92. The number of aromatic carboxylic acids is 1. The molecular weight excluding hydrogens is 250 g/mol. The van der Waals surface area contributed by atoms with Gasteiger partial charge in [-0.1, -0.05) is 6.07 Å². The molecule has 3 aromatic rings. The van der Waals surface area contributed by atoms with E-state index in [-0.39, 0.29) is 5.69 Å². The highest BCUT2D eigenvalue weighted by molar-refractivity contribution is 7.13. The van der Waals surface area contributed by atoms with Crippen LogP contribution in [0, 0.1) is 6.92 Å². The molecule has 18 heavy (non-hydrogen) atoms. The molecule has 0 unspecified atom stereocenters. The van der Waals surface area contributed by atoms with Gasteiger partial charge in [0.05, 0.1) is 4.88 Å². The second-order valence-electron chi connectivity index (χ2n) is 3.86. The SMILES string of the molecule is Cc1cc(C(=O)O)n2nc(-c3cccs3)cc2n1. The Kier molecular flexibility index (Phi) is 2.38. The molecule has 3 heterocycles. The average Bonchev–Trinajstić information content (AvgIpc) is 2.95. The lowest BCUT2D eigenvalue weighted by Gasteiger charge is -2.00. The Morgan fingerprint density at radius 2 is 2.28 bits per heavy atom. The molecule has 3 rings (SSSR count). The van der Waals surface area contributed by atoms with Crippen LogP contribution in [0.2, 0.25) is 0 Å². The summed E-state index contributed by atoms with van der Waals surface area (Å²) < 4.78 is 1.37. The number of hydrogen-bond donors (Lipinski definition) is 1. The zero-order chi connectivity index (χ0) is 12.7. The molecule has 0 spiro atoms. The molecular formula is C12H9N3O2S. The molecule has 0 saturated heterocycles. The van der Waals surface area contributed by atoms with Gasteiger partial charge < -0.3 is 5.11 Å². The minimum Gasteiger partial charge on any atom is -0.477 e. The Morgan fingerprint density at radius 3 is 2.94 bits per heavy atom. The van der Waals surface area contributed by atoms with Crippen molar-refractivity contribution in [1.82, 2.24) is 14.6 Å². The molecule has 0 fully saturated rings. The molecule has 0 aromatic carbocycles. The molecule has 0 aliphatic rings. The maximum Gasteiger partial charge on any atom is 0.354 e. The first kappa shape index (κ1) is 10.9. The average molecular weight is 259 g/mol. The highest BCUT2D eigenvalue weighted by Crippen LogP contribution is 2.24. The Labute approximate surface area is 106 Å². The van der Waals surface area contributed by atoms with E-state index in [0.29, 0.717) is 11.3 Å². The van der Waals surface area contributed by atoms with E-state index in [4.69, 9.17) is 5.11 Å². The molecule has 1 N–H and O–H groups in total. The number of hydrogen-bond acceptors (Lipinski definition) is 4. The quantitative estimate of drug-likeness (QED) is 0.767. The summed E-state index contributed by atoms with van der Waals surface area (Å²) in [6, 6.07) is 7.19. The summed E-state index contributed by atoms with van der Waals surface area (Å²) >= 11 is 1.56. The van der Waals surface area contributed by atoms with Crippen LogP contribution in [0.4, 0.5) is 0 Å². The summed E-state index contributed by atoms with van der Waals surface area (Å²) in [6.07, 6.45) is 0. The third-order valence-corrected chi connectivity index (χ3v) is 3.44. The van der Waals surface area contributed by atoms with Gasteiger partial charge in [-0.15, -0.1) is 11.3 Å². The van der Waals surface area contributed by atoms with Gasteiger partial charge in [0, 0.05) is 11.8 Å². The number of aryl methyl sites for hydroxylation is 1. The van der Waals surface area contributed by atoms with Crippen LogP contribution in [0.3, 0.4) is 0 Å². The molecule has 0 saturated carbocycles. The zero-order valence-electron chi connectivity index (χ0n) is 9.49. The van der Waals surface area contributed by atoms with Crippen LogP contribution >= 0.6 is 11.3 Å². The Hall–Kier alpha value is -2.21. The van der Waals surface area contributed by atoms with Crippen LogP contribution in [0.15, 0.2) is 29.6 Å². The monoisotopic (exact) mass is 259 g/mol. The van der Waals surface area contributed by atoms with E-state index < -0.39 is 5.97 Å². The van der Waals surface area contributed by atoms with Crippen LogP contribution in [0.25, 0.3) is 16.2 Å². The van der Waals surface area contributed by atoms with Crippen molar-refractivity contribution < 1.29 is 9.90 Å². The van der Waals surface area contributed by atoms with Crippen molar-refractivity contribution in [3.05, 3.63) is 41.0 Å². The molecule has 90 valence electrons. The second-order valence-corrected chi connectivity index (χ2v) is 4.81. The Morgan fingerprint density at radius 1 is 1.44 bits per heavy atom. The van der Waals surface area contributed by atoms with E-state index >= 15 is 0 Å². The van der Waals surface area contributed by atoms with E-state index in [1.165, 1.54) is 10.6 Å². The first-order chi connectivity index (χ1) is 8.65. The summed E-state index contributed by atoms with van der Waals surface area (Å²) in [6.45, 7) is 1.77. The molecule has 0 bridgehead atoms.